The highest BCUT2D eigenvalue weighted by atomic mass is 35.5. The van der Waals surface area contributed by atoms with E-state index in [1.54, 1.807) is 17.0 Å². The van der Waals surface area contributed by atoms with E-state index in [-0.39, 0.29) is 23.2 Å². The largest absolute Gasteiger partial charge is 0.312 e. The maximum absolute atomic E-state index is 12.9. The third kappa shape index (κ3) is 3.63. The summed E-state index contributed by atoms with van der Waals surface area (Å²) in [4.78, 5) is 14.9. The average Bonchev–Trinajstić information content (AvgIpc) is 3.17. The van der Waals surface area contributed by atoms with Crippen LogP contribution in [0.4, 0.5) is 5.69 Å². The van der Waals surface area contributed by atoms with E-state index in [9.17, 15) is 13.2 Å². The molecule has 3 aliphatic rings. The Labute approximate surface area is 161 Å². The number of anilines is 1. The molecule has 2 bridgehead atoms. The number of halogens is 1. The number of fused-ring (bicyclic) bond motifs is 3. The van der Waals surface area contributed by atoms with E-state index in [0.717, 1.165) is 30.5 Å². The molecule has 144 valence electrons. The Hall–Kier alpha value is -1.15. The molecule has 3 heterocycles. The molecule has 1 amide bonds. The number of carbonyl (C=O) groups excluding carboxylic acids is 1. The molecule has 26 heavy (non-hydrogen) atoms. The molecule has 6 nitrogen and oxygen atoms in total. The van der Waals surface area contributed by atoms with E-state index in [4.69, 9.17) is 0 Å². The van der Waals surface area contributed by atoms with Crippen molar-refractivity contribution < 1.29 is 13.2 Å². The quantitative estimate of drug-likeness (QED) is 0.809. The smallest absolute Gasteiger partial charge is 0.240 e. The van der Waals surface area contributed by atoms with E-state index in [2.05, 4.69) is 10.0 Å². The van der Waals surface area contributed by atoms with E-state index in [1.807, 2.05) is 6.07 Å². The molecule has 2 fully saturated rings. The Morgan fingerprint density at radius 2 is 1.96 bits per heavy atom. The molecule has 3 aliphatic heterocycles. The van der Waals surface area contributed by atoms with Crippen LogP contribution in [0, 0.1) is 5.92 Å². The van der Waals surface area contributed by atoms with Crippen LogP contribution < -0.4 is 14.9 Å². The summed E-state index contributed by atoms with van der Waals surface area (Å²) in [7, 11) is -2.10. The second-order valence-corrected chi connectivity index (χ2v) is 9.36. The first kappa shape index (κ1) is 19.6. The molecular weight excluding hydrogens is 374 g/mol. The maximum Gasteiger partial charge on any atom is 0.240 e. The normalized spacial score (nSPS) is 27.1. The minimum atomic E-state index is -3.50. The number of nitrogens with one attached hydrogen (secondary N) is 2. The van der Waals surface area contributed by atoms with Crippen molar-refractivity contribution in [1.82, 2.24) is 10.0 Å². The van der Waals surface area contributed by atoms with E-state index < -0.39 is 10.0 Å². The fraction of sp³-hybridized carbons (Fsp3) is 0.611. The molecule has 0 spiro atoms. The van der Waals surface area contributed by atoms with Crippen molar-refractivity contribution in [2.45, 2.75) is 55.5 Å². The van der Waals surface area contributed by atoms with Gasteiger partial charge in [-0.25, -0.2) is 13.1 Å². The van der Waals surface area contributed by atoms with E-state index >= 15 is 0 Å². The second kappa shape index (κ2) is 7.46. The van der Waals surface area contributed by atoms with Gasteiger partial charge in [-0.05, 0) is 62.8 Å². The van der Waals surface area contributed by atoms with Crippen LogP contribution in [0.5, 0.6) is 0 Å². The third-order valence-electron chi connectivity index (χ3n) is 5.87. The maximum atomic E-state index is 12.9. The molecule has 2 saturated heterocycles. The summed E-state index contributed by atoms with van der Waals surface area (Å²) in [5, 5.41) is 3.61. The lowest BCUT2D eigenvalue weighted by Crippen LogP contribution is -2.40. The SMILES string of the molecule is CNS(=O)(=O)c1ccc2c(c1)N(C(=O)CC1CC3CCC(C1)N3)CC2.Cl. The monoisotopic (exact) mass is 399 g/mol. The summed E-state index contributed by atoms with van der Waals surface area (Å²) in [6.07, 6.45) is 5.98. The zero-order valence-electron chi connectivity index (χ0n) is 14.9. The number of sulfonamides is 1. The van der Waals surface area contributed by atoms with Crippen LogP contribution in [-0.2, 0) is 21.2 Å². The summed E-state index contributed by atoms with van der Waals surface area (Å²) in [5.41, 5.74) is 1.81. The number of benzene rings is 1. The number of hydrogen-bond donors (Lipinski definition) is 2. The molecule has 2 N–H and O–H groups in total. The summed E-state index contributed by atoms with van der Waals surface area (Å²) in [6, 6.07) is 6.24. The lowest BCUT2D eigenvalue weighted by molar-refractivity contribution is -0.119. The van der Waals surface area contributed by atoms with Crippen molar-refractivity contribution in [3.8, 4) is 0 Å². The van der Waals surface area contributed by atoms with Gasteiger partial charge in [0.1, 0.15) is 0 Å². The van der Waals surface area contributed by atoms with Gasteiger partial charge in [0.15, 0.2) is 0 Å². The van der Waals surface area contributed by atoms with E-state index in [1.165, 1.54) is 19.9 Å². The van der Waals surface area contributed by atoms with Gasteiger partial charge < -0.3 is 10.2 Å². The Morgan fingerprint density at radius 1 is 1.27 bits per heavy atom. The van der Waals surface area contributed by atoms with Crippen molar-refractivity contribution in [1.29, 1.82) is 0 Å². The highest BCUT2D eigenvalue weighted by Crippen LogP contribution is 2.35. The molecule has 0 saturated carbocycles. The first-order valence-corrected chi connectivity index (χ1v) is 10.6. The van der Waals surface area contributed by atoms with Crippen molar-refractivity contribution in [3.05, 3.63) is 23.8 Å². The van der Waals surface area contributed by atoms with Crippen LogP contribution in [0.2, 0.25) is 0 Å². The molecule has 2 unspecified atom stereocenters. The zero-order valence-corrected chi connectivity index (χ0v) is 16.5. The van der Waals surface area contributed by atoms with Gasteiger partial charge in [-0.2, -0.15) is 0 Å². The Morgan fingerprint density at radius 3 is 2.62 bits per heavy atom. The summed E-state index contributed by atoms with van der Waals surface area (Å²) in [5.74, 6) is 0.573. The fourth-order valence-electron chi connectivity index (χ4n) is 4.60. The van der Waals surface area contributed by atoms with Crippen LogP contribution in [-0.4, -0.2) is 40.0 Å². The molecule has 0 radical (unpaired) electrons. The summed E-state index contributed by atoms with van der Waals surface area (Å²) < 4.78 is 26.4. The summed E-state index contributed by atoms with van der Waals surface area (Å²) >= 11 is 0. The Bertz CT molecular complexity index is 787. The van der Waals surface area contributed by atoms with Gasteiger partial charge in [0.2, 0.25) is 15.9 Å². The van der Waals surface area contributed by atoms with Gasteiger partial charge >= 0.3 is 0 Å². The van der Waals surface area contributed by atoms with Gasteiger partial charge in [0.05, 0.1) is 4.90 Å². The topological polar surface area (TPSA) is 78.5 Å². The summed E-state index contributed by atoms with van der Waals surface area (Å²) in [6.45, 7) is 0.648. The van der Waals surface area contributed by atoms with Gasteiger partial charge in [0.25, 0.3) is 0 Å². The van der Waals surface area contributed by atoms with E-state index in [0.29, 0.717) is 31.0 Å². The molecule has 1 aromatic carbocycles. The molecule has 2 atom stereocenters. The Kier molecular flexibility index (Phi) is 5.63. The first-order valence-electron chi connectivity index (χ1n) is 9.09. The lowest BCUT2D eigenvalue weighted by Gasteiger charge is -2.30. The van der Waals surface area contributed by atoms with Crippen LogP contribution in [0.3, 0.4) is 0 Å². The lowest BCUT2D eigenvalue weighted by atomic mass is 9.89. The van der Waals surface area contributed by atoms with Gasteiger partial charge in [-0.1, -0.05) is 6.07 Å². The van der Waals surface area contributed by atoms with Gasteiger partial charge in [0, 0.05) is 30.7 Å². The van der Waals surface area contributed by atoms with Gasteiger partial charge in [-0.3, -0.25) is 4.79 Å². The number of nitrogens with zero attached hydrogens (tertiary/aromatic N) is 1. The van der Waals surface area contributed by atoms with Crippen LogP contribution in [0.15, 0.2) is 23.1 Å². The minimum absolute atomic E-state index is 0. The minimum Gasteiger partial charge on any atom is -0.312 e. The second-order valence-electron chi connectivity index (χ2n) is 7.47. The number of amides is 1. The van der Waals surface area contributed by atoms with Crippen molar-refractivity contribution >= 4 is 34.0 Å². The van der Waals surface area contributed by atoms with Crippen molar-refractivity contribution in [2.24, 2.45) is 5.92 Å². The first-order chi connectivity index (χ1) is 12.0. The van der Waals surface area contributed by atoms with Crippen molar-refractivity contribution in [3.63, 3.8) is 0 Å². The zero-order chi connectivity index (χ0) is 17.6. The predicted molar refractivity (Wildman–Crippen MR) is 103 cm³/mol. The van der Waals surface area contributed by atoms with Crippen LogP contribution in [0.1, 0.15) is 37.7 Å². The molecule has 8 heteroatoms. The average molecular weight is 400 g/mol. The standard InChI is InChI=1S/C18H25N3O3S.ClH/c1-19-25(23,24)16-5-2-13-6-7-21(17(13)11-16)18(22)10-12-8-14-3-4-15(9-12)20-14;/h2,5,11-12,14-15,19-20H,3-4,6-10H2,1H3;1H. The number of carbonyl (C=O) groups is 1. The van der Waals surface area contributed by atoms with Crippen LogP contribution >= 0.6 is 12.4 Å². The molecule has 0 aliphatic carbocycles. The number of piperidine rings is 1. The highest BCUT2D eigenvalue weighted by Gasteiger charge is 2.36. The van der Waals surface area contributed by atoms with Gasteiger partial charge in [-0.15, -0.1) is 12.4 Å². The highest BCUT2D eigenvalue weighted by molar-refractivity contribution is 7.89. The Balaban J connectivity index is 0.00000196. The number of rotatable bonds is 4. The molecule has 4 rings (SSSR count). The van der Waals surface area contributed by atoms with Crippen LogP contribution in [0.25, 0.3) is 0 Å². The van der Waals surface area contributed by atoms with Crippen molar-refractivity contribution in [2.75, 3.05) is 18.5 Å². The molecular formula is C18H26ClN3O3S. The molecule has 0 aromatic heterocycles. The molecule has 1 aromatic rings. The fourth-order valence-corrected chi connectivity index (χ4v) is 5.35. The predicted octanol–water partition coefficient (Wildman–Crippen LogP) is 1.83. The third-order valence-corrected chi connectivity index (χ3v) is 7.28. The number of hydrogen-bond acceptors (Lipinski definition) is 4.